The fraction of sp³-hybridized carbons (Fsp3) is 0.250. The Bertz CT molecular complexity index is 1050. The highest BCUT2D eigenvalue weighted by molar-refractivity contribution is 6.30. The molecule has 0 amide bonds. The Labute approximate surface area is 175 Å². The topological polar surface area (TPSA) is 62.1 Å². The molecule has 3 atom stereocenters. The van der Waals surface area contributed by atoms with E-state index < -0.39 is 0 Å². The van der Waals surface area contributed by atoms with Crippen molar-refractivity contribution in [3.05, 3.63) is 87.7 Å². The number of ketones is 1. The lowest BCUT2D eigenvalue weighted by atomic mass is 9.69. The van der Waals surface area contributed by atoms with Gasteiger partial charge in [0.25, 0.3) is 0 Å². The second-order valence-electron chi connectivity index (χ2n) is 7.45. The second-order valence-corrected chi connectivity index (χ2v) is 7.89. The Morgan fingerprint density at radius 1 is 1.07 bits per heavy atom. The van der Waals surface area contributed by atoms with Gasteiger partial charge in [-0.3, -0.25) is 4.79 Å². The molecule has 5 heteroatoms. The van der Waals surface area contributed by atoms with Crippen LogP contribution in [0.2, 0.25) is 5.02 Å². The summed E-state index contributed by atoms with van der Waals surface area (Å²) in [4.78, 5) is 13.3. The lowest BCUT2D eigenvalue weighted by molar-refractivity contribution is -0.123. The van der Waals surface area contributed by atoms with Gasteiger partial charge in [-0.2, -0.15) is 5.26 Å². The molecule has 0 aromatic heterocycles. The molecule has 2 aromatic rings. The monoisotopic (exact) mass is 404 g/mol. The van der Waals surface area contributed by atoms with E-state index in [4.69, 9.17) is 16.3 Å². The van der Waals surface area contributed by atoms with Crippen LogP contribution in [-0.2, 0) is 4.79 Å². The molecule has 1 heterocycles. The molecule has 4 rings (SSSR count). The third-order valence-electron chi connectivity index (χ3n) is 5.76. The highest BCUT2D eigenvalue weighted by atomic mass is 35.5. The highest BCUT2D eigenvalue weighted by Crippen LogP contribution is 2.45. The summed E-state index contributed by atoms with van der Waals surface area (Å²) in [5, 5.41) is 13.8. The molecule has 2 aliphatic rings. The van der Waals surface area contributed by atoms with Crippen LogP contribution in [0, 0.1) is 17.2 Å². The number of allylic oxidation sites excluding steroid dienone is 4. The van der Waals surface area contributed by atoms with Crippen LogP contribution in [0.3, 0.4) is 0 Å². The van der Waals surface area contributed by atoms with Crippen LogP contribution in [0.1, 0.15) is 36.3 Å². The quantitative estimate of drug-likeness (QED) is 0.773. The number of carbonyl (C=O) groups excluding carboxylic acids is 1. The Hall–Kier alpha value is -3.03. The molecule has 0 fully saturated rings. The molecular weight excluding hydrogens is 384 g/mol. The maximum Gasteiger partial charge on any atom is 0.143 e. The number of ether oxygens (including phenoxy) is 1. The van der Waals surface area contributed by atoms with Gasteiger partial charge in [-0.25, -0.2) is 0 Å². The molecular formula is C24H21ClN2O2. The fourth-order valence-corrected chi connectivity index (χ4v) is 4.44. The first-order chi connectivity index (χ1) is 14.0. The molecule has 1 aliphatic carbocycles. The third-order valence-corrected chi connectivity index (χ3v) is 6.01. The smallest absolute Gasteiger partial charge is 0.143 e. The normalized spacial score (nSPS) is 23.6. The number of hydrogen-bond acceptors (Lipinski definition) is 4. The van der Waals surface area contributed by atoms with Gasteiger partial charge in [0.15, 0.2) is 0 Å². The van der Waals surface area contributed by atoms with Crippen molar-refractivity contribution in [2.24, 2.45) is 5.92 Å². The number of hydrogen-bond donors (Lipinski definition) is 1. The molecule has 0 saturated heterocycles. The predicted molar refractivity (Wildman–Crippen MR) is 113 cm³/mol. The van der Waals surface area contributed by atoms with Crippen LogP contribution in [0.25, 0.3) is 0 Å². The number of halogens is 1. The van der Waals surface area contributed by atoms with Crippen LogP contribution >= 0.6 is 11.6 Å². The van der Waals surface area contributed by atoms with Crippen LogP contribution in [0.5, 0.6) is 5.75 Å². The van der Waals surface area contributed by atoms with Crippen LogP contribution in [-0.4, -0.2) is 12.9 Å². The summed E-state index contributed by atoms with van der Waals surface area (Å²) in [6, 6.07) is 17.6. The Morgan fingerprint density at radius 3 is 2.34 bits per heavy atom. The van der Waals surface area contributed by atoms with E-state index in [0.29, 0.717) is 17.0 Å². The number of rotatable bonds is 3. The number of fused-ring (bicyclic) bond motifs is 1. The zero-order valence-electron chi connectivity index (χ0n) is 16.3. The van der Waals surface area contributed by atoms with Gasteiger partial charge < -0.3 is 10.1 Å². The van der Waals surface area contributed by atoms with E-state index in [1.165, 1.54) is 0 Å². The first kappa shape index (κ1) is 19.3. The summed E-state index contributed by atoms with van der Waals surface area (Å²) in [7, 11) is 1.62. The summed E-state index contributed by atoms with van der Waals surface area (Å²) in [6.45, 7) is 1.89. The van der Waals surface area contributed by atoms with Crippen molar-refractivity contribution < 1.29 is 9.53 Å². The second kappa shape index (κ2) is 7.77. The molecule has 0 bridgehead atoms. The van der Waals surface area contributed by atoms with Gasteiger partial charge >= 0.3 is 0 Å². The number of nitrogens with zero attached hydrogens (tertiary/aromatic N) is 1. The molecule has 1 aliphatic heterocycles. The molecule has 0 saturated carbocycles. The van der Waals surface area contributed by atoms with Crippen molar-refractivity contribution in [2.75, 3.05) is 7.11 Å². The van der Waals surface area contributed by atoms with Gasteiger partial charge in [0.1, 0.15) is 11.5 Å². The lowest BCUT2D eigenvalue weighted by Gasteiger charge is -2.38. The van der Waals surface area contributed by atoms with Gasteiger partial charge in [-0.05, 0) is 42.3 Å². The average Bonchev–Trinajstić information content (AvgIpc) is 2.73. The van der Waals surface area contributed by atoms with Crippen molar-refractivity contribution in [1.82, 2.24) is 5.32 Å². The van der Waals surface area contributed by atoms with E-state index in [0.717, 1.165) is 28.3 Å². The first-order valence-electron chi connectivity index (χ1n) is 9.53. The zero-order valence-corrected chi connectivity index (χ0v) is 17.0. The Balaban J connectivity index is 1.77. The molecule has 0 spiro atoms. The van der Waals surface area contributed by atoms with E-state index >= 15 is 0 Å². The van der Waals surface area contributed by atoms with Gasteiger partial charge in [0, 0.05) is 34.7 Å². The van der Waals surface area contributed by atoms with Crippen LogP contribution in [0.4, 0.5) is 0 Å². The van der Waals surface area contributed by atoms with Crippen LogP contribution in [0.15, 0.2) is 71.6 Å². The minimum Gasteiger partial charge on any atom is -0.497 e. The van der Waals surface area contributed by atoms with Gasteiger partial charge in [-0.15, -0.1) is 0 Å². The average molecular weight is 405 g/mol. The largest absolute Gasteiger partial charge is 0.497 e. The number of methoxy groups -OCH3 is 1. The molecule has 146 valence electrons. The minimum absolute atomic E-state index is 0.00790. The van der Waals surface area contributed by atoms with Crippen molar-refractivity contribution in [3.63, 3.8) is 0 Å². The predicted octanol–water partition coefficient (Wildman–Crippen LogP) is 5.09. The summed E-state index contributed by atoms with van der Waals surface area (Å²) in [6.07, 6.45) is 2.53. The van der Waals surface area contributed by atoms with Gasteiger partial charge in [0.2, 0.25) is 0 Å². The Morgan fingerprint density at radius 2 is 1.72 bits per heavy atom. The number of nitriles is 1. The van der Waals surface area contributed by atoms with Crippen molar-refractivity contribution in [2.45, 2.75) is 25.2 Å². The highest BCUT2D eigenvalue weighted by Gasteiger charge is 2.42. The van der Waals surface area contributed by atoms with E-state index in [1.54, 1.807) is 7.11 Å². The van der Waals surface area contributed by atoms with E-state index in [2.05, 4.69) is 17.5 Å². The van der Waals surface area contributed by atoms with Crippen molar-refractivity contribution in [3.8, 4) is 11.8 Å². The maximum atomic E-state index is 13.3. The molecule has 4 nitrogen and oxygen atoms in total. The summed E-state index contributed by atoms with van der Waals surface area (Å²) in [5.74, 6) is 0.195. The summed E-state index contributed by atoms with van der Waals surface area (Å²) >= 11 is 6.01. The number of Topliss-reactive ketones (excluding diaryl/α,β-unsaturated/α-hetero) is 1. The van der Waals surface area contributed by atoms with Crippen LogP contribution < -0.4 is 10.1 Å². The lowest BCUT2D eigenvalue weighted by Crippen LogP contribution is -2.39. The SMILES string of the molecule is COc1ccc(C2C(C#N)=C(C)NC3=CC(c4ccc(Cl)cc4)CC(=O)C32)cc1. The standard InChI is InChI=1S/C24H21ClN2O2/c1-14-20(13-26)23(16-5-9-19(29-2)10-6-16)24-21(27-14)11-17(12-22(24)28)15-3-7-18(25)8-4-15/h3-11,17,23-24,27H,12H2,1-2H3. The minimum atomic E-state index is -0.384. The fourth-order valence-electron chi connectivity index (χ4n) is 4.31. The summed E-state index contributed by atoms with van der Waals surface area (Å²) in [5.41, 5.74) is 4.27. The van der Waals surface area contributed by atoms with Crippen molar-refractivity contribution >= 4 is 17.4 Å². The number of benzene rings is 2. The van der Waals surface area contributed by atoms with E-state index in [-0.39, 0.29) is 23.5 Å². The molecule has 0 radical (unpaired) electrons. The van der Waals surface area contributed by atoms with E-state index in [9.17, 15) is 10.1 Å². The molecule has 3 unspecified atom stereocenters. The first-order valence-corrected chi connectivity index (χ1v) is 9.91. The number of carbonyl (C=O) groups is 1. The molecule has 2 aromatic carbocycles. The van der Waals surface area contributed by atoms with Gasteiger partial charge in [0.05, 0.1) is 24.7 Å². The van der Waals surface area contributed by atoms with Crippen molar-refractivity contribution in [1.29, 1.82) is 5.26 Å². The van der Waals surface area contributed by atoms with E-state index in [1.807, 2.05) is 55.5 Å². The molecule has 29 heavy (non-hydrogen) atoms. The zero-order chi connectivity index (χ0) is 20.5. The third kappa shape index (κ3) is 3.54. The Kier molecular flexibility index (Phi) is 5.17. The summed E-state index contributed by atoms with van der Waals surface area (Å²) < 4.78 is 5.25. The molecule has 1 N–H and O–H groups in total. The number of nitrogens with one attached hydrogen (secondary N) is 1. The van der Waals surface area contributed by atoms with Gasteiger partial charge in [-0.1, -0.05) is 41.9 Å². The maximum absolute atomic E-state index is 13.3.